The van der Waals surface area contributed by atoms with Crippen LogP contribution >= 0.6 is 0 Å². The lowest BCUT2D eigenvalue weighted by molar-refractivity contribution is 0.714. The van der Waals surface area contributed by atoms with Crippen molar-refractivity contribution < 1.29 is 0 Å². The number of aryl methyl sites for hydroxylation is 2. The summed E-state index contributed by atoms with van der Waals surface area (Å²) in [6, 6.07) is 8.53. The van der Waals surface area contributed by atoms with Gasteiger partial charge in [-0.2, -0.15) is 0 Å². The van der Waals surface area contributed by atoms with E-state index in [1.165, 1.54) is 16.7 Å². The third kappa shape index (κ3) is 1.45. The maximum Gasteiger partial charge on any atom is 0.113 e. The molecular weight excluding hydrogens is 198 g/mol. The molecule has 1 aromatic carbocycles. The van der Waals surface area contributed by atoms with Crippen LogP contribution in [-0.2, 0) is 13.5 Å². The number of fused-ring (bicyclic) bond motifs is 1. The molecule has 1 aliphatic rings. The molecule has 3 rings (SSSR count). The first-order valence-corrected chi connectivity index (χ1v) is 5.50. The van der Waals surface area contributed by atoms with Crippen LogP contribution in [-0.4, -0.2) is 15.0 Å². The highest BCUT2D eigenvalue weighted by molar-refractivity contribution is 5.80. The van der Waals surface area contributed by atoms with Crippen molar-refractivity contribution in [3.63, 3.8) is 0 Å². The van der Waals surface area contributed by atoms with Crippen LogP contribution < -0.4 is 0 Å². The highest BCUT2D eigenvalue weighted by Gasteiger charge is 2.15. The minimum atomic E-state index is 0.967. The van der Waals surface area contributed by atoms with Gasteiger partial charge in [0.15, 0.2) is 0 Å². The number of hydrogen-bond acceptors (Lipinski definition) is 2. The van der Waals surface area contributed by atoms with Crippen LogP contribution in [0.3, 0.4) is 0 Å². The fraction of sp³-hybridized carbons (Fsp3) is 0.231. The lowest BCUT2D eigenvalue weighted by Gasteiger charge is -2.15. The molecule has 0 spiro atoms. The van der Waals surface area contributed by atoms with E-state index < -0.39 is 0 Å². The van der Waals surface area contributed by atoms with Gasteiger partial charge in [-0.05, 0) is 24.0 Å². The number of rotatable bonds is 1. The standard InChI is InChI=1S/C13H13N3/c1-16-9-13(14-15-16)12-8-4-6-10-5-2-3-7-11(10)12/h2-3,5,7-9H,4,6H2,1H3. The van der Waals surface area contributed by atoms with Crippen LogP contribution in [0.25, 0.3) is 5.57 Å². The molecule has 2 aromatic rings. The lowest BCUT2D eigenvalue weighted by atomic mass is 9.89. The number of allylic oxidation sites excluding steroid dienone is 1. The Morgan fingerprint density at radius 3 is 2.94 bits per heavy atom. The summed E-state index contributed by atoms with van der Waals surface area (Å²) in [6.45, 7) is 0. The molecule has 16 heavy (non-hydrogen) atoms. The minimum Gasteiger partial charge on any atom is -0.255 e. The minimum absolute atomic E-state index is 0.967. The van der Waals surface area contributed by atoms with Crippen molar-refractivity contribution in [3.8, 4) is 0 Å². The van der Waals surface area contributed by atoms with Crippen molar-refractivity contribution in [3.05, 3.63) is 53.4 Å². The summed E-state index contributed by atoms with van der Waals surface area (Å²) in [4.78, 5) is 0. The van der Waals surface area contributed by atoms with Crippen molar-refractivity contribution >= 4 is 5.57 Å². The maximum atomic E-state index is 4.18. The van der Waals surface area contributed by atoms with E-state index in [9.17, 15) is 0 Å². The van der Waals surface area contributed by atoms with Crippen LogP contribution in [0.15, 0.2) is 36.5 Å². The molecule has 3 heteroatoms. The zero-order valence-corrected chi connectivity index (χ0v) is 9.22. The Morgan fingerprint density at radius 1 is 1.25 bits per heavy atom. The van der Waals surface area contributed by atoms with E-state index in [-0.39, 0.29) is 0 Å². The second-order valence-corrected chi connectivity index (χ2v) is 4.09. The molecule has 0 amide bonds. The summed E-state index contributed by atoms with van der Waals surface area (Å²) >= 11 is 0. The lowest BCUT2D eigenvalue weighted by Crippen LogP contribution is -2.00. The molecule has 80 valence electrons. The first kappa shape index (κ1) is 9.33. The van der Waals surface area contributed by atoms with E-state index in [1.54, 1.807) is 4.68 Å². The molecule has 0 atom stereocenters. The van der Waals surface area contributed by atoms with E-state index in [0.717, 1.165) is 18.5 Å². The van der Waals surface area contributed by atoms with Gasteiger partial charge in [0.25, 0.3) is 0 Å². The van der Waals surface area contributed by atoms with Gasteiger partial charge in [-0.15, -0.1) is 5.10 Å². The van der Waals surface area contributed by atoms with Crippen LogP contribution in [0.1, 0.15) is 23.2 Å². The Balaban J connectivity index is 2.12. The van der Waals surface area contributed by atoms with Crippen LogP contribution in [0, 0.1) is 0 Å². The second-order valence-electron chi connectivity index (χ2n) is 4.09. The molecule has 0 radical (unpaired) electrons. The molecule has 0 saturated heterocycles. The highest BCUT2D eigenvalue weighted by Crippen LogP contribution is 2.29. The Labute approximate surface area is 94.4 Å². The number of hydrogen-bond donors (Lipinski definition) is 0. The van der Waals surface area contributed by atoms with Gasteiger partial charge in [0.05, 0.1) is 6.20 Å². The average Bonchev–Trinajstić information content (AvgIpc) is 2.75. The summed E-state index contributed by atoms with van der Waals surface area (Å²) in [7, 11) is 1.89. The number of benzene rings is 1. The van der Waals surface area contributed by atoms with E-state index in [4.69, 9.17) is 0 Å². The molecule has 0 bridgehead atoms. The quantitative estimate of drug-likeness (QED) is 0.724. The van der Waals surface area contributed by atoms with E-state index in [1.807, 2.05) is 13.2 Å². The highest BCUT2D eigenvalue weighted by atomic mass is 15.4. The van der Waals surface area contributed by atoms with Crippen LogP contribution in [0.4, 0.5) is 0 Å². The van der Waals surface area contributed by atoms with Gasteiger partial charge in [-0.3, -0.25) is 4.68 Å². The largest absolute Gasteiger partial charge is 0.255 e. The first-order valence-electron chi connectivity index (χ1n) is 5.50. The Kier molecular flexibility index (Phi) is 2.10. The zero-order valence-electron chi connectivity index (χ0n) is 9.22. The fourth-order valence-electron chi connectivity index (χ4n) is 2.20. The normalized spacial score (nSPS) is 14.4. The molecule has 1 aliphatic carbocycles. The summed E-state index contributed by atoms with van der Waals surface area (Å²) in [5.74, 6) is 0. The Bertz CT molecular complexity index is 552. The first-order chi connectivity index (χ1) is 7.84. The third-order valence-electron chi connectivity index (χ3n) is 2.95. The molecule has 0 N–H and O–H groups in total. The topological polar surface area (TPSA) is 30.7 Å². The monoisotopic (exact) mass is 211 g/mol. The summed E-state index contributed by atoms with van der Waals surface area (Å²) in [5, 5.41) is 8.17. The van der Waals surface area contributed by atoms with Gasteiger partial charge in [0, 0.05) is 12.6 Å². The van der Waals surface area contributed by atoms with Gasteiger partial charge >= 0.3 is 0 Å². The molecule has 0 fully saturated rings. The number of aromatic nitrogens is 3. The molecule has 1 aromatic heterocycles. The van der Waals surface area contributed by atoms with Crippen LogP contribution in [0.5, 0.6) is 0 Å². The van der Waals surface area contributed by atoms with Gasteiger partial charge in [-0.1, -0.05) is 35.6 Å². The second kappa shape index (κ2) is 3.59. The molecule has 0 saturated carbocycles. The van der Waals surface area contributed by atoms with Crippen molar-refractivity contribution in [2.75, 3.05) is 0 Å². The van der Waals surface area contributed by atoms with Crippen molar-refractivity contribution in [2.24, 2.45) is 7.05 Å². The van der Waals surface area contributed by atoms with E-state index in [2.05, 4.69) is 40.7 Å². The van der Waals surface area contributed by atoms with Gasteiger partial charge in [0.1, 0.15) is 5.69 Å². The van der Waals surface area contributed by atoms with Crippen molar-refractivity contribution in [1.29, 1.82) is 0 Å². The molecular formula is C13H13N3. The third-order valence-corrected chi connectivity index (χ3v) is 2.95. The zero-order chi connectivity index (χ0) is 11.0. The van der Waals surface area contributed by atoms with Gasteiger partial charge in [-0.25, -0.2) is 0 Å². The molecule has 0 aliphatic heterocycles. The SMILES string of the molecule is Cn1cc(C2=CCCc3ccccc32)nn1. The smallest absolute Gasteiger partial charge is 0.113 e. The van der Waals surface area contributed by atoms with E-state index >= 15 is 0 Å². The van der Waals surface area contributed by atoms with Gasteiger partial charge in [0.2, 0.25) is 0 Å². The molecule has 3 nitrogen and oxygen atoms in total. The van der Waals surface area contributed by atoms with Crippen molar-refractivity contribution in [1.82, 2.24) is 15.0 Å². The predicted molar refractivity (Wildman–Crippen MR) is 62.8 cm³/mol. The Morgan fingerprint density at radius 2 is 2.12 bits per heavy atom. The van der Waals surface area contributed by atoms with Gasteiger partial charge < -0.3 is 0 Å². The average molecular weight is 211 g/mol. The summed E-state index contributed by atoms with van der Waals surface area (Å²) < 4.78 is 1.74. The van der Waals surface area contributed by atoms with E-state index in [0.29, 0.717) is 0 Å². The maximum absolute atomic E-state index is 4.18. The predicted octanol–water partition coefficient (Wildman–Crippen LogP) is 2.19. The fourth-order valence-corrected chi connectivity index (χ4v) is 2.20. The number of nitrogens with zero attached hydrogens (tertiary/aromatic N) is 3. The van der Waals surface area contributed by atoms with Crippen molar-refractivity contribution in [2.45, 2.75) is 12.8 Å². The Hall–Kier alpha value is -1.90. The molecule has 1 heterocycles. The summed E-state index contributed by atoms with van der Waals surface area (Å²) in [5.41, 5.74) is 4.89. The summed E-state index contributed by atoms with van der Waals surface area (Å²) in [6.07, 6.45) is 6.43. The van der Waals surface area contributed by atoms with Crippen LogP contribution in [0.2, 0.25) is 0 Å². The molecule has 0 unspecified atom stereocenters.